The molecular formula is C20H18ClF3N2O. The molecule has 3 rings (SSSR count). The maximum Gasteiger partial charge on any atom is 0.416 e. The third-order valence-corrected chi connectivity index (χ3v) is 4.67. The lowest BCUT2D eigenvalue weighted by atomic mass is 10.1. The van der Waals surface area contributed by atoms with Gasteiger partial charge in [0.1, 0.15) is 0 Å². The van der Waals surface area contributed by atoms with Crippen molar-refractivity contribution in [2.75, 3.05) is 31.1 Å². The average molecular weight is 395 g/mol. The number of nitrogens with zero attached hydrogens (tertiary/aromatic N) is 2. The van der Waals surface area contributed by atoms with Crippen LogP contribution in [-0.4, -0.2) is 37.0 Å². The molecule has 1 fully saturated rings. The minimum atomic E-state index is -4.36. The lowest BCUT2D eigenvalue weighted by Gasteiger charge is -2.35. The number of hydrogen-bond acceptors (Lipinski definition) is 2. The minimum absolute atomic E-state index is 0.117. The highest BCUT2D eigenvalue weighted by atomic mass is 35.5. The van der Waals surface area contributed by atoms with E-state index < -0.39 is 11.7 Å². The molecule has 0 atom stereocenters. The van der Waals surface area contributed by atoms with Gasteiger partial charge < -0.3 is 9.80 Å². The van der Waals surface area contributed by atoms with E-state index in [0.717, 1.165) is 17.7 Å². The van der Waals surface area contributed by atoms with Crippen molar-refractivity contribution in [3.8, 4) is 0 Å². The Kier molecular flexibility index (Phi) is 5.75. The first kappa shape index (κ1) is 19.3. The third-order valence-electron chi connectivity index (χ3n) is 4.42. The highest BCUT2D eigenvalue weighted by molar-refractivity contribution is 6.30. The quantitative estimate of drug-likeness (QED) is 0.703. The summed E-state index contributed by atoms with van der Waals surface area (Å²) in [6.45, 7) is 1.89. The molecule has 7 heteroatoms. The Hall–Kier alpha value is -2.47. The molecule has 3 nitrogen and oxygen atoms in total. The zero-order chi connectivity index (χ0) is 19.4. The van der Waals surface area contributed by atoms with Crippen molar-refractivity contribution in [3.05, 3.63) is 70.8 Å². The molecule has 0 spiro atoms. The van der Waals surface area contributed by atoms with E-state index in [4.69, 9.17) is 11.6 Å². The van der Waals surface area contributed by atoms with Gasteiger partial charge in [-0.1, -0.05) is 29.8 Å². The van der Waals surface area contributed by atoms with Crippen molar-refractivity contribution in [2.24, 2.45) is 0 Å². The molecule has 1 saturated heterocycles. The summed E-state index contributed by atoms with van der Waals surface area (Å²) in [5, 5.41) is 0.629. The molecular weight excluding hydrogens is 377 g/mol. The monoisotopic (exact) mass is 394 g/mol. The molecule has 0 bridgehead atoms. The second-order valence-electron chi connectivity index (χ2n) is 6.25. The van der Waals surface area contributed by atoms with E-state index in [0.29, 0.717) is 36.9 Å². The van der Waals surface area contributed by atoms with Crippen LogP contribution in [0.25, 0.3) is 6.08 Å². The van der Waals surface area contributed by atoms with Crippen LogP contribution in [-0.2, 0) is 11.0 Å². The number of halogens is 4. The van der Waals surface area contributed by atoms with Gasteiger partial charge in [0.2, 0.25) is 5.91 Å². The van der Waals surface area contributed by atoms with Crippen LogP contribution >= 0.6 is 11.6 Å². The van der Waals surface area contributed by atoms with Crippen LogP contribution in [0.5, 0.6) is 0 Å². The second kappa shape index (κ2) is 8.05. The Morgan fingerprint density at radius 3 is 2.30 bits per heavy atom. The van der Waals surface area contributed by atoms with Crippen LogP contribution in [0.2, 0.25) is 5.02 Å². The summed E-state index contributed by atoms with van der Waals surface area (Å²) in [7, 11) is 0. The molecule has 27 heavy (non-hydrogen) atoms. The van der Waals surface area contributed by atoms with E-state index in [-0.39, 0.29) is 5.91 Å². The fraction of sp³-hybridized carbons (Fsp3) is 0.250. The number of rotatable bonds is 3. The first-order valence-electron chi connectivity index (χ1n) is 8.48. The highest BCUT2D eigenvalue weighted by Crippen LogP contribution is 2.31. The maximum atomic E-state index is 12.9. The van der Waals surface area contributed by atoms with E-state index in [1.807, 2.05) is 17.0 Å². The fourth-order valence-corrected chi connectivity index (χ4v) is 3.04. The first-order chi connectivity index (χ1) is 12.8. The zero-order valence-corrected chi connectivity index (χ0v) is 15.2. The van der Waals surface area contributed by atoms with Gasteiger partial charge in [-0.3, -0.25) is 4.79 Å². The van der Waals surface area contributed by atoms with E-state index in [9.17, 15) is 18.0 Å². The summed E-state index contributed by atoms with van der Waals surface area (Å²) in [6, 6.07) is 12.4. The Morgan fingerprint density at radius 2 is 1.67 bits per heavy atom. The van der Waals surface area contributed by atoms with E-state index in [1.54, 1.807) is 29.2 Å². The predicted molar refractivity (Wildman–Crippen MR) is 101 cm³/mol. The van der Waals surface area contributed by atoms with Crippen LogP contribution in [0.3, 0.4) is 0 Å². The number of amides is 1. The second-order valence-corrected chi connectivity index (χ2v) is 6.68. The maximum absolute atomic E-state index is 12.9. The van der Waals surface area contributed by atoms with Gasteiger partial charge in [-0.2, -0.15) is 13.2 Å². The number of alkyl halides is 3. The zero-order valence-electron chi connectivity index (χ0n) is 14.4. The molecule has 0 saturated carbocycles. The molecule has 0 aromatic heterocycles. The molecule has 2 aromatic carbocycles. The van der Waals surface area contributed by atoms with Crippen molar-refractivity contribution < 1.29 is 18.0 Å². The SMILES string of the molecule is O=C(/C=C/c1ccc(Cl)cc1)N1CCN(c2cccc(C(F)(F)F)c2)CC1. The summed E-state index contributed by atoms with van der Waals surface area (Å²) in [6.07, 6.45) is -1.14. The van der Waals surface area contributed by atoms with Crippen LogP contribution in [0, 0.1) is 0 Å². The predicted octanol–water partition coefficient (Wildman–Crippen LogP) is 4.72. The normalized spacial score (nSPS) is 15.4. The van der Waals surface area contributed by atoms with Crippen molar-refractivity contribution in [1.29, 1.82) is 0 Å². The van der Waals surface area contributed by atoms with E-state index in [1.165, 1.54) is 12.1 Å². The van der Waals surface area contributed by atoms with Gasteiger partial charge in [0, 0.05) is 43.0 Å². The lowest BCUT2D eigenvalue weighted by molar-refractivity contribution is -0.137. The van der Waals surface area contributed by atoms with Crippen molar-refractivity contribution in [2.45, 2.75) is 6.18 Å². The smallest absolute Gasteiger partial charge is 0.368 e. The topological polar surface area (TPSA) is 23.6 Å². The Labute approximate surface area is 160 Å². The molecule has 1 heterocycles. The summed E-state index contributed by atoms with van der Waals surface area (Å²) < 4.78 is 38.6. The van der Waals surface area contributed by atoms with Crippen LogP contribution < -0.4 is 4.90 Å². The Balaban J connectivity index is 1.58. The molecule has 142 valence electrons. The van der Waals surface area contributed by atoms with Crippen molar-refractivity contribution in [3.63, 3.8) is 0 Å². The largest absolute Gasteiger partial charge is 0.416 e. The van der Waals surface area contributed by atoms with Crippen LogP contribution in [0.15, 0.2) is 54.6 Å². The number of carbonyl (C=O) groups excluding carboxylic acids is 1. The molecule has 0 radical (unpaired) electrons. The average Bonchev–Trinajstić information content (AvgIpc) is 2.67. The summed E-state index contributed by atoms with van der Waals surface area (Å²) in [4.78, 5) is 15.9. The molecule has 0 unspecified atom stereocenters. The van der Waals surface area contributed by atoms with Gasteiger partial charge in [-0.25, -0.2) is 0 Å². The van der Waals surface area contributed by atoms with Gasteiger partial charge in [0.25, 0.3) is 0 Å². The first-order valence-corrected chi connectivity index (χ1v) is 8.85. The number of carbonyl (C=O) groups is 1. The molecule has 0 N–H and O–H groups in total. The number of benzene rings is 2. The van der Waals surface area contributed by atoms with E-state index in [2.05, 4.69) is 0 Å². The number of anilines is 1. The standard InChI is InChI=1S/C20H18ClF3N2O/c21-17-7-4-15(5-8-17)6-9-19(27)26-12-10-25(11-13-26)18-3-1-2-16(14-18)20(22,23)24/h1-9,14H,10-13H2/b9-6+. The molecule has 2 aromatic rings. The molecule has 1 aliphatic heterocycles. The van der Waals surface area contributed by atoms with Gasteiger partial charge in [-0.05, 0) is 42.0 Å². The van der Waals surface area contributed by atoms with Crippen LogP contribution in [0.1, 0.15) is 11.1 Å². The summed E-state index contributed by atoms with van der Waals surface area (Å²) in [5.74, 6) is -0.117. The fourth-order valence-electron chi connectivity index (χ4n) is 2.91. The summed E-state index contributed by atoms with van der Waals surface area (Å²) in [5.41, 5.74) is 0.730. The minimum Gasteiger partial charge on any atom is -0.368 e. The van der Waals surface area contributed by atoms with Gasteiger partial charge >= 0.3 is 6.18 Å². The number of piperazine rings is 1. The third kappa shape index (κ3) is 5.04. The lowest BCUT2D eigenvalue weighted by Crippen LogP contribution is -2.48. The Bertz CT molecular complexity index is 826. The molecule has 0 aliphatic carbocycles. The number of hydrogen-bond donors (Lipinski definition) is 0. The van der Waals surface area contributed by atoms with Crippen molar-refractivity contribution >= 4 is 29.3 Å². The van der Waals surface area contributed by atoms with E-state index >= 15 is 0 Å². The summed E-state index contributed by atoms with van der Waals surface area (Å²) >= 11 is 5.83. The van der Waals surface area contributed by atoms with Gasteiger partial charge in [0.15, 0.2) is 0 Å². The van der Waals surface area contributed by atoms with Gasteiger partial charge in [-0.15, -0.1) is 0 Å². The molecule has 1 aliphatic rings. The van der Waals surface area contributed by atoms with Crippen LogP contribution in [0.4, 0.5) is 18.9 Å². The van der Waals surface area contributed by atoms with Gasteiger partial charge in [0.05, 0.1) is 5.56 Å². The van der Waals surface area contributed by atoms with Crippen molar-refractivity contribution in [1.82, 2.24) is 4.90 Å². The highest BCUT2D eigenvalue weighted by Gasteiger charge is 2.31. The Morgan fingerprint density at radius 1 is 1.00 bits per heavy atom. The molecule has 1 amide bonds.